The van der Waals surface area contributed by atoms with Gasteiger partial charge in [-0.1, -0.05) is 31.0 Å². The Morgan fingerprint density at radius 3 is 2.42 bits per heavy atom. The Labute approximate surface area is 183 Å². The van der Waals surface area contributed by atoms with Crippen LogP contribution in [0.1, 0.15) is 60.0 Å². The van der Waals surface area contributed by atoms with Crippen molar-refractivity contribution in [2.45, 2.75) is 57.2 Å². The second-order valence-electron chi connectivity index (χ2n) is 8.56. The molecule has 0 spiro atoms. The third kappa shape index (κ3) is 4.95. The number of nitrogens with zero attached hydrogens (tertiary/aromatic N) is 2. The molecule has 0 saturated heterocycles. The molecular weight excluding hydrogens is 388 g/mol. The van der Waals surface area contributed by atoms with E-state index < -0.39 is 0 Å². The van der Waals surface area contributed by atoms with E-state index in [0.29, 0.717) is 23.4 Å². The molecule has 160 valence electrons. The quantitative estimate of drug-likeness (QED) is 0.748. The molecule has 31 heavy (non-hydrogen) atoms. The van der Waals surface area contributed by atoms with Gasteiger partial charge >= 0.3 is 0 Å². The van der Waals surface area contributed by atoms with Crippen molar-refractivity contribution < 1.29 is 9.59 Å². The molecule has 2 aromatic carbocycles. The summed E-state index contributed by atoms with van der Waals surface area (Å²) >= 11 is 0. The number of rotatable bonds is 6. The first-order chi connectivity index (χ1) is 15.1. The average molecular weight is 417 g/mol. The Morgan fingerprint density at radius 2 is 1.74 bits per heavy atom. The predicted molar refractivity (Wildman–Crippen MR) is 119 cm³/mol. The summed E-state index contributed by atoms with van der Waals surface area (Å²) in [5.41, 5.74) is 9.00. The summed E-state index contributed by atoms with van der Waals surface area (Å²) in [6.45, 7) is 0.442. The number of hydrogen-bond donors (Lipinski definition) is 2. The van der Waals surface area contributed by atoms with Crippen LogP contribution in [-0.2, 0) is 11.3 Å². The number of carbonyl (C=O) groups is 2. The number of nitriles is 1. The second-order valence-corrected chi connectivity index (χ2v) is 8.56. The van der Waals surface area contributed by atoms with E-state index in [2.05, 4.69) is 11.4 Å². The first kappa shape index (κ1) is 21.1. The van der Waals surface area contributed by atoms with E-state index in [1.807, 2.05) is 29.2 Å². The zero-order valence-corrected chi connectivity index (χ0v) is 17.6. The maximum Gasteiger partial charge on any atom is 0.255 e. The molecular formula is C25H28N4O2. The van der Waals surface area contributed by atoms with Crippen molar-refractivity contribution in [1.29, 1.82) is 5.26 Å². The van der Waals surface area contributed by atoms with Crippen molar-refractivity contribution in [3.8, 4) is 6.07 Å². The summed E-state index contributed by atoms with van der Waals surface area (Å²) in [6.07, 6.45) is 5.97. The fraction of sp³-hybridized carbons (Fsp3) is 0.400. The van der Waals surface area contributed by atoms with Gasteiger partial charge in [0.15, 0.2) is 0 Å². The summed E-state index contributed by atoms with van der Waals surface area (Å²) in [7, 11) is 0. The maximum absolute atomic E-state index is 13.1. The summed E-state index contributed by atoms with van der Waals surface area (Å²) in [5, 5.41) is 11.9. The monoisotopic (exact) mass is 416 g/mol. The van der Waals surface area contributed by atoms with Crippen LogP contribution >= 0.6 is 0 Å². The number of hydrogen-bond acceptors (Lipinski definition) is 4. The van der Waals surface area contributed by atoms with Gasteiger partial charge in [0.2, 0.25) is 5.91 Å². The van der Waals surface area contributed by atoms with E-state index in [1.54, 1.807) is 24.3 Å². The van der Waals surface area contributed by atoms with Crippen LogP contribution in [-0.4, -0.2) is 28.8 Å². The molecule has 2 atom stereocenters. The largest absolute Gasteiger partial charge is 0.334 e. The fourth-order valence-corrected chi connectivity index (χ4v) is 4.30. The van der Waals surface area contributed by atoms with Gasteiger partial charge < -0.3 is 16.0 Å². The van der Waals surface area contributed by atoms with Crippen LogP contribution in [0.25, 0.3) is 0 Å². The highest BCUT2D eigenvalue weighted by atomic mass is 16.2. The first-order valence-corrected chi connectivity index (χ1v) is 11.0. The van der Waals surface area contributed by atoms with Gasteiger partial charge in [-0.3, -0.25) is 9.59 Å². The van der Waals surface area contributed by atoms with Crippen molar-refractivity contribution in [3.05, 3.63) is 65.2 Å². The molecule has 0 bridgehead atoms. The molecule has 3 N–H and O–H groups in total. The van der Waals surface area contributed by atoms with Crippen LogP contribution < -0.4 is 11.1 Å². The minimum absolute atomic E-state index is 0.00291. The van der Waals surface area contributed by atoms with Gasteiger partial charge in [0.1, 0.15) is 0 Å². The highest BCUT2D eigenvalue weighted by Crippen LogP contribution is 2.35. The van der Waals surface area contributed by atoms with Crippen molar-refractivity contribution in [2.75, 3.05) is 5.32 Å². The number of para-hydroxylation sites is 1. The Morgan fingerprint density at radius 1 is 1.03 bits per heavy atom. The van der Waals surface area contributed by atoms with Gasteiger partial charge in [0.05, 0.1) is 11.6 Å². The first-order valence-electron chi connectivity index (χ1n) is 11.0. The van der Waals surface area contributed by atoms with Crippen molar-refractivity contribution >= 4 is 17.5 Å². The van der Waals surface area contributed by atoms with E-state index in [0.717, 1.165) is 44.1 Å². The summed E-state index contributed by atoms with van der Waals surface area (Å²) < 4.78 is 0. The molecule has 0 heterocycles. The summed E-state index contributed by atoms with van der Waals surface area (Å²) in [5.74, 6) is 0.0662. The molecule has 4 rings (SSSR count). The Kier molecular flexibility index (Phi) is 6.34. The van der Waals surface area contributed by atoms with Gasteiger partial charge in [-0.25, -0.2) is 0 Å². The van der Waals surface area contributed by atoms with Gasteiger partial charge in [-0.2, -0.15) is 5.26 Å². The van der Waals surface area contributed by atoms with Crippen molar-refractivity contribution in [2.24, 2.45) is 11.7 Å². The molecule has 2 fully saturated rings. The van der Waals surface area contributed by atoms with Crippen LogP contribution in [0, 0.1) is 17.2 Å². The molecule has 2 saturated carbocycles. The average Bonchev–Trinajstić information content (AvgIpc) is 3.64. The molecule has 2 amide bonds. The van der Waals surface area contributed by atoms with Gasteiger partial charge in [0, 0.05) is 35.8 Å². The van der Waals surface area contributed by atoms with E-state index in [9.17, 15) is 9.59 Å². The Bertz CT molecular complexity index is 991. The smallest absolute Gasteiger partial charge is 0.255 e. The standard InChI is InChI=1S/C25H28N4O2/c26-15-17-9-11-18(12-10-17)24(30)28-22-7-3-1-5-20(22)16-29(25(31)19-13-14-19)23-8-4-2-6-21(23)27/h1,3,5,7,9-12,19,21,23H,2,4,6,8,13-14,16,27H2,(H,28,30). The molecule has 2 aromatic rings. The zero-order chi connectivity index (χ0) is 21.8. The molecule has 0 aliphatic heterocycles. The molecule has 2 aliphatic rings. The molecule has 0 radical (unpaired) electrons. The Hall–Kier alpha value is -3.17. The number of benzene rings is 2. The van der Waals surface area contributed by atoms with E-state index in [4.69, 9.17) is 11.0 Å². The van der Waals surface area contributed by atoms with E-state index in [-0.39, 0.29) is 29.8 Å². The lowest BCUT2D eigenvalue weighted by atomic mass is 9.89. The van der Waals surface area contributed by atoms with E-state index >= 15 is 0 Å². The SMILES string of the molecule is N#Cc1ccc(C(=O)Nc2ccccc2CN(C(=O)C2CC2)C2CCCCC2N)cc1. The lowest BCUT2D eigenvalue weighted by molar-refractivity contribution is -0.136. The highest BCUT2D eigenvalue weighted by molar-refractivity contribution is 6.04. The molecule has 2 unspecified atom stereocenters. The van der Waals surface area contributed by atoms with Crippen molar-refractivity contribution in [1.82, 2.24) is 4.90 Å². The Balaban J connectivity index is 1.55. The number of nitrogens with one attached hydrogen (secondary N) is 1. The molecule has 6 nitrogen and oxygen atoms in total. The second kappa shape index (κ2) is 9.32. The van der Waals surface area contributed by atoms with Crippen LogP contribution in [0.15, 0.2) is 48.5 Å². The number of nitrogens with two attached hydrogens (primary N) is 1. The highest BCUT2D eigenvalue weighted by Gasteiger charge is 2.39. The van der Waals surface area contributed by atoms with Crippen molar-refractivity contribution in [3.63, 3.8) is 0 Å². The minimum Gasteiger partial charge on any atom is -0.334 e. The number of amides is 2. The topological polar surface area (TPSA) is 99.2 Å². The number of carbonyl (C=O) groups excluding carboxylic acids is 2. The number of anilines is 1. The summed E-state index contributed by atoms with van der Waals surface area (Å²) in [6, 6.07) is 16.2. The van der Waals surface area contributed by atoms with E-state index in [1.165, 1.54) is 0 Å². The minimum atomic E-state index is -0.244. The normalized spacial score (nSPS) is 20.5. The van der Waals surface area contributed by atoms with Gasteiger partial charge in [0.25, 0.3) is 5.91 Å². The van der Waals surface area contributed by atoms with Crippen LogP contribution in [0.2, 0.25) is 0 Å². The van der Waals surface area contributed by atoms with Crippen LogP contribution in [0.5, 0.6) is 0 Å². The van der Waals surface area contributed by atoms with Crippen LogP contribution in [0.4, 0.5) is 5.69 Å². The molecule has 2 aliphatic carbocycles. The molecule has 0 aromatic heterocycles. The zero-order valence-electron chi connectivity index (χ0n) is 17.6. The lowest BCUT2D eigenvalue weighted by Crippen LogP contribution is -2.52. The maximum atomic E-state index is 13.1. The van der Waals surface area contributed by atoms with Gasteiger partial charge in [-0.15, -0.1) is 0 Å². The lowest BCUT2D eigenvalue weighted by Gasteiger charge is -2.39. The predicted octanol–water partition coefficient (Wildman–Crippen LogP) is 3.82. The third-order valence-electron chi connectivity index (χ3n) is 6.27. The molecule has 6 heteroatoms. The van der Waals surface area contributed by atoms with Gasteiger partial charge in [-0.05, 0) is 61.6 Å². The fourth-order valence-electron chi connectivity index (χ4n) is 4.30. The third-order valence-corrected chi connectivity index (χ3v) is 6.27. The van der Waals surface area contributed by atoms with Crippen LogP contribution in [0.3, 0.4) is 0 Å². The summed E-state index contributed by atoms with van der Waals surface area (Å²) in [4.78, 5) is 27.9.